The Morgan fingerprint density at radius 3 is 2.76 bits per heavy atom. The van der Waals surface area contributed by atoms with Crippen molar-refractivity contribution in [1.29, 1.82) is 0 Å². The quantitative estimate of drug-likeness (QED) is 0.404. The largest absolute Gasteiger partial charge is 0.376 e. The van der Waals surface area contributed by atoms with Gasteiger partial charge in [-0.15, -0.1) is 0 Å². The van der Waals surface area contributed by atoms with Crippen molar-refractivity contribution in [2.24, 2.45) is 0 Å². The maximum Gasteiger partial charge on any atom is 0.232 e. The predicted octanol–water partition coefficient (Wildman–Crippen LogP) is 2.87. The number of piperidine rings is 1. The average molecular weight is 432 g/mol. The SMILES string of the molecule is S=C(NC[C@@H]1CCCO1)Nc1nc(Sc2ncccn2)cc(N2CCCCC2)n1. The molecular weight excluding hydrogens is 406 g/mol. The number of thiocarbonyl (C=S) groups is 1. The number of rotatable bonds is 6. The van der Waals surface area contributed by atoms with Gasteiger partial charge in [0.1, 0.15) is 10.8 Å². The third-order valence-corrected chi connectivity index (χ3v) is 5.90. The van der Waals surface area contributed by atoms with E-state index in [4.69, 9.17) is 21.9 Å². The van der Waals surface area contributed by atoms with Crippen LogP contribution in [0.15, 0.2) is 34.7 Å². The van der Waals surface area contributed by atoms with Crippen LogP contribution < -0.4 is 15.5 Å². The molecule has 4 rings (SSSR count). The van der Waals surface area contributed by atoms with Gasteiger partial charge in [-0.2, -0.15) is 4.98 Å². The molecule has 0 amide bonds. The Kier molecular flexibility index (Phi) is 7.07. The molecule has 2 aromatic rings. The number of hydrogen-bond acceptors (Lipinski definition) is 8. The Morgan fingerprint density at radius 1 is 1.17 bits per heavy atom. The smallest absolute Gasteiger partial charge is 0.232 e. The van der Waals surface area contributed by atoms with Crippen LogP contribution in [0.4, 0.5) is 11.8 Å². The fourth-order valence-corrected chi connectivity index (χ4v) is 4.28. The van der Waals surface area contributed by atoms with Crippen LogP contribution in [0.1, 0.15) is 32.1 Å². The first-order chi connectivity index (χ1) is 14.3. The number of ether oxygens (including phenoxy) is 1. The predicted molar refractivity (Wildman–Crippen MR) is 117 cm³/mol. The molecule has 2 N–H and O–H groups in total. The lowest BCUT2D eigenvalue weighted by Gasteiger charge is -2.28. The third-order valence-electron chi connectivity index (χ3n) is 4.85. The number of anilines is 2. The molecule has 0 unspecified atom stereocenters. The zero-order chi connectivity index (χ0) is 19.9. The van der Waals surface area contributed by atoms with E-state index >= 15 is 0 Å². The summed E-state index contributed by atoms with van der Waals surface area (Å²) in [4.78, 5) is 20.2. The van der Waals surface area contributed by atoms with Crippen molar-refractivity contribution in [1.82, 2.24) is 25.3 Å². The summed E-state index contributed by atoms with van der Waals surface area (Å²) in [5.74, 6) is 1.39. The van der Waals surface area contributed by atoms with Crippen molar-refractivity contribution in [3.8, 4) is 0 Å². The van der Waals surface area contributed by atoms with Gasteiger partial charge in [0.2, 0.25) is 5.95 Å². The van der Waals surface area contributed by atoms with Crippen LogP contribution in [0.25, 0.3) is 0 Å². The van der Waals surface area contributed by atoms with Crippen LogP contribution in [0.5, 0.6) is 0 Å². The second-order valence-electron chi connectivity index (χ2n) is 7.04. The van der Waals surface area contributed by atoms with E-state index in [0.717, 1.165) is 43.4 Å². The van der Waals surface area contributed by atoms with E-state index in [1.807, 2.05) is 6.07 Å². The summed E-state index contributed by atoms with van der Waals surface area (Å²) in [5.41, 5.74) is 0. The summed E-state index contributed by atoms with van der Waals surface area (Å²) in [5, 5.41) is 8.29. The highest BCUT2D eigenvalue weighted by Crippen LogP contribution is 2.28. The summed E-state index contributed by atoms with van der Waals surface area (Å²) in [6.45, 7) is 3.53. The van der Waals surface area contributed by atoms with E-state index in [2.05, 4.69) is 30.5 Å². The van der Waals surface area contributed by atoms with E-state index in [9.17, 15) is 0 Å². The highest BCUT2D eigenvalue weighted by atomic mass is 32.2. The minimum atomic E-state index is 0.219. The Balaban J connectivity index is 1.47. The molecule has 0 radical (unpaired) electrons. The van der Waals surface area contributed by atoms with Crippen molar-refractivity contribution in [2.45, 2.75) is 48.4 Å². The van der Waals surface area contributed by atoms with Crippen LogP contribution in [-0.2, 0) is 4.74 Å². The number of nitrogens with one attached hydrogen (secondary N) is 2. The van der Waals surface area contributed by atoms with Crippen LogP contribution in [-0.4, -0.2) is 57.4 Å². The zero-order valence-electron chi connectivity index (χ0n) is 16.2. The van der Waals surface area contributed by atoms with E-state index in [-0.39, 0.29) is 6.10 Å². The fourth-order valence-electron chi connectivity index (χ4n) is 3.40. The lowest BCUT2D eigenvalue weighted by Crippen LogP contribution is -2.35. The highest BCUT2D eigenvalue weighted by molar-refractivity contribution is 7.99. The third kappa shape index (κ3) is 5.97. The Labute approximate surface area is 180 Å². The molecule has 2 saturated heterocycles. The van der Waals surface area contributed by atoms with Gasteiger partial charge in [-0.05, 0) is 62.2 Å². The minimum Gasteiger partial charge on any atom is -0.376 e. The highest BCUT2D eigenvalue weighted by Gasteiger charge is 2.18. The molecule has 29 heavy (non-hydrogen) atoms. The van der Waals surface area contributed by atoms with E-state index < -0.39 is 0 Å². The molecule has 0 spiro atoms. The second-order valence-corrected chi connectivity index (χ2v) is 8.43. The molecule has 8 nitrogen and oxygen atoms in total. The molecular formula is C19H25N7OS2. The summed E-state index contributed by atoms with van der Waals surface area (Å²) >= 11 is 6.86. The lowest BCUT2D eigenvalue weighted by molar-refractivity contribution is 0.114. The van der Waals surface area contributed by atoms with Crippen molar-refractivity contribution >= 4 is 40.9 Å². The van der Waals surface area contributed by atoms with Crippen LogP contribution in [0, 0.1) is 0 Å². The van der Waals surface area contributed by atoms with Crippen molar-refractivity contribution in [3.05, 3.63) is 24.5 Å². The summed E-state index contributed by atoms with van der Waals surface area (Å²) < 4.78 is 5.63. The lowest BCUT2D eigenvalue weighted by atomic mass is 10.1. The topological polar surface area (TPSA) is 88.1 Å². The number of hydrogen-bond donors (Lipinski definition) is 2. The molecule has 2 aromatic heterocycles. The van der Waals surface area contributed by atoms with E-state index in [1.54, 1.807) is 18.5 Å². The maximum atomic E-state index is 5.63. The fraction of sp³-hybridized carbons (Fsp3) is 0.526. The van der Waals surface area contributed by atoms with Gasteiger partial charge in [0.15, 0.2) is 10.3 Å². The van der Waals surface area contributed by atoms with E-state index in [1.165, 1.54) is 31.0 Å². The Hall–Kier alpha value is -2.04. The van der Waals surface area contributed by atoms with Gasteiger partial charge in [0, 0.05) is 44.7 Å². The van der Waals surface area contributed by atoms with Gasteiger partial charge in [-0.25, -0.2) is 15.0 Å². The van der Waals surface area contributed by atoms with Crippen LogP contribution >= 0.6 is 24.0 Å². The minimum absolute atomic E-state index is 0.219. The van der Waals surface area contributed by atoms with Gasteiger partial charge in [0.25, 0.3) is 0 Å². The normalized spacial score (nSPS) is 19.2. The molecule has 2 aliphatic rings. The zero-order valence-corrected chi connectivity index (χ0v) is 17.8. The van der Waals surface area contributed by atoms with Gasteiger partial charge < -0.3 is 20.3 Å². The Bertz CT molecular complexity index is 811. The second kappa shape index (κ2) is 10.1. The molecule has 2 aliphatic heterocycles. The van der Waals surface area contributed by atoms with Crippen molar-refractivity contribution in [3.63, 3.8) is 0 Å². The van der Waals surface area contributed by atoms with Crippen molar-refractivity contribution < 1.29 is 4.74 Å². The van der Waals surface area contributed by atoms with Crippen LogP contribution in [0.3, 0.4) is 0 Å². The molecule has 4 heterocycles. The van der Waals surface area contributed by atoms with Crippen molar-refractivity contribution in [2.75, 3.05) is 36.5 Å². The molecule has 1 atom stereocenters. The van der Waals surface area contributed by atoms with Crippen LogP contribution in [0.2, 0.25) is 0 Å². The first-order valence-corrected chi connectivity index (χ1v) is 11.2. The number of aromatic nitrogens is 4. The average Bonchev–Trinajstić information content (AvgIpc) is 3.27. The standard InChI is InChI=1S/C19H25N7OS2/c28-18(22-13-14-6-4-11-27-14)25-17-23-15(26-9-2-1-3-10-26)12-16(24-17)29-19-20-7-5-8-21-19/h5,7-8,12,14H,1-4,6,9-11,13H2,(H2,22,23,24,25,28)/t14-/m0/s1. The first kappa shape index (κ1) is 20.2. The number of nitrogens with zero attached hydrogens (tertiary/aromatic N) is 5. The first-order valence-electron chi connectivity index (χ1n) is 10.0. The summed E-state index contributed by atoms with van der Waals surface area (Å²) in [7, 11) is 0. The van der Waals surface area contributed by atoms with Gasteiger partial charge in [-0.1, -0.05) is 0 Å². The molecule has 2 fully saturated rings. The van der Waals surface area contributed by atoms with Gasteiger partial charge in [-0.3, -0.25) is 0 Å². The Morgan fingerprint density at radius 2 is 2.00 bits per heavy atom. The van der Waals surface area contributed by atoms with Gasteiger partial charge >= 0.3 is 0 Å². The summed E-state index contributed by atoms with van der Waals surface area (Å²) in [6.07, 6.45) is 9.47. The maximum absolute atomic E-state index is 5.63. The molecule has 10 heteroatoms. The summed E-state index contributed by atoms with van der Waals surface area (Å²) in [6, 6.07) is 3.80. The molecule has 0 saturated carbocycles. The molecule has 0 bridgehead atoms. The molecule has 0 aliphatic carbocycles. The molecule has 0 aromatic carbocycles. The van der Waals surface area contributed by atoms with E-state index in [0.29, 0.717) is 22.8 Å². The van der Waals surface area contributed by atoms with Gasteiger partial charge in [0.05, 0.1) is 6.10 Å². The monoisotopic (exact) mass is 431 g/mol. The molecule has 154 valence electrons.